The van der Waals surface area contributed by atoms with Crippen LogP contribution in [0.3, 0.4) is 0 Å². The first-order chi connectivity index (χ1) is 19.5. The molecular formula is C32H38N4O4. The molecule has 2 aliphatic heterocycles. The van der Waals surface area contributed by atoms with Crippen LogP contribution in [0.5, 0.6) is 0 Å². The van der Waals surface area contributed by atoms with Gasteiger partial charge in [0.1, 0.15) is 0 Å². The molecule has 0 spiro atoms. The molecule has 5 rings (SSSR count). The van der Waals surface area contributed by atoms with Gasteiger partial charge in [-0.1, -0.05) is 37.3 Å². The largest absolute Gasteiger partial charge is 0.459 e. The zero-order chi connectivity index (χ0) is 27.9. The molecule has 40 heavy (non-hydrogen) atoms. The number of hydrogen-bond donors (Lipinski definition) is 1. The van der Waals surface area contributed by atoms with Crippen molar-refractivity contribution in [3.63, 3.8) is 0 Å². The van der Waals surface area contributed by atoms with E-state index in [0.717, 1.165) is 63.0 Å². The fourth-order valence-corrected chi connectivity index (χ4v) is 5.77. The molecule has 3 amide bonds. The van der Waals surface area contributed by atoms with E-state index in [4.69, 9.17) is 4.42 Å². The maximum absolute atomic E-state index is 13.8. The second-order valence-electron chi connectivity index (χ2n) is 10.6. The molecule has 2 saturated heterocycles. The van der Waals surface area contributed by atoms with Crippen molar-refractivity contribution in [1.29, 1.82) is 0 Å². The number of amides is 3. The summed E-state index contributed by atoms with van der Waals surface area (Å²) < 4.78 is 5.23. The molecule has 1 N–H and O–H groups in total. The fraction of sp³-hybridized carbons (Fsp3) is 0.406. The van der Waals surface area contributed by atoms with Gasteiger partial charge in [-0.3, -0.25) is 14.4 Å². The predicted octanol–water partition coefficient (Wildman–Crippen LogP) is 5.39. The van der Waals surface area contributed by atoms with Gasteiger partial charge in [-0.2, -0.15) is 0 Å². The predicted molar refractivity (Wildman–Crippen MR) is 156 cm³/mol. The Labute approximate surface area is 235 Å². The van der Waals surface area contributed by atoms with E-state index in [1.807, 2.05) is 52.3 Å². The van der Waals surface area contributed by atoms with E-state index in [1.54, 1.807) is 18.2 Å². The van der Waals surface area contributed by atoms with E-state index >= 15 is 0 Å². The van der Waals surface area contributed by atoms with E-state index in [1.165, 1.54) is 6.26 Å². The summed E-state index contributed by atoms with van der Waals surface area (Å²) in [6.45, 7) is 6.19. The first-order valence-corrected chi connectivity index (χ1v) is 14.4. The zero-order valence-electron chi connectivity index (χ0n) is 23.2. The highest BCUT2D eigenvalue weighted by Gasteiger charge is 2.29. The molecular weight excluding hydrogens is 504 g/mol. The van der Waals surface area contributed by atoms with Crippen molar-refractivity contribution >= 4 is 29.1 Å². The number of nitrogens with one attached hydrogen (secondary N) is 1. The highest BCUT2D eigenvalue weighted by Crippen LogP contribution is 2.29. The van der Waals surface area contributed by atoms with Gasteiger partial charge in [0.05, 0.1) is 17.7 Å². The molecule has 3 heterocycles. The van der Waals surface area contributed by atoms with Crippen LogP contribution in [0.4, 0.5) is 11.4 Å². The van der Waals surface area contributed by atoms with Gasteiger partial charge in [0.15, 0.2) is 5.76 Å². The van der Waals surface area contributed by atoms with Gasteiger partial charge >= 0.3 is 0 Å². The van der Waals surface area contributed by atoms with Gasteiger partial charge < -0.3 is 24.4 Å². The quantitative estimate of drug-likeness (QED) is 0.433. The topological polar surface area (TPSA) is 86.1 Å². The molecule has 1 atom stereocenters. The Morgan fingerprint density at radius 2 is 1.60 bits per heavy atom. The summed E-state index contributed by atoms with van der Waals surface area (Å²) >= 11 is 0. The minimum absolute atomic E-state index is 0.0175. The Bertz CT molecular complexity index is 1300. The van der Waals surface area contributed by atoms with Crippen LogP contribution in [0.25, 0.3) is 0 Å². The number of carbonyl (C=O) groups is 3. The molecule has 2 fully saturated rings. The number of piperidine rings is 1. The average Bonchev–Trinajstić information content (AvgIpc) is 3.43. The third-order valence-corrected chi connectivity index (χ3v) is 7.93. The second kappa shape index (κ2) is 12.9. The molecule has 2 aliphatic rings. The van der Waals surface area contributed by atoms with Crippen molar-refractivity contribution in [3.05, 3.63) is 83.8 Å². The molecule has 0 saturated carbocycles. The van der Waals surface area contributed by atoms with Crippen molar-refractivity contribution in [2.45, 2.75) is 44.9 Å². The average molecular weight is 543 g/mol. The molecule has 3 aromatic rings. The molecule has 2 aromatic carbocycles. The van der Waals surface area contributed by atoms with Crippen molar-refractivity contribution in [1.82, 2.24) is 9.80 Å². The van der Waals surface area contributed by atoms with Crippen LogP contribution in [0.2, 0.25) is 0 Å². The van der Waals surface area contributed by atoms with Crippen LogP contribution >= 0.6 is 0 Å². The van der Waals surface area contributed by atoms with E-state index in [-0.39, 0.29) is 29.4 Å². The number of likely N-dealkylation sites (tertiary alicyclic amines) is 1. The van der Waals surface area contributed by atoms with Gasteiger partial charge in [-0.15, -0.1) is 0 Å². The number of benzene rings is 2. The Balaban J connectivity index is 1.36. The molecule has 8 heteroatoms. The monoisotopic (exact) mass is 542 g/mol. The number of carbonyl (C=O) groups excluding carboxylic acids is 3. The SMILES string of the molecule is CC[C@H](C(=O)N1CCCN(c2ccc(NC(=O)c3ccco3)cc2C(=O)N2CCCCC2)CC1)c1ccccc1. The van der Waals surface area contributed by atoms with Crippen LogP contribution in [-0.2, 0) is 4.79 Å². The Morgan fingerprint density at radius 3 is 2.33 bits per heavy atom. The fourth-order valence-electron chi connectivity index (χ4n) is 5.77. The normalized spacial score (nSPS) is 16.8. The molecule has 0 unspecified atom stereocenters. The van der Waals surface area contributed by atoms with Crippen LogP contribution in [0.1, 0.15) is 71.4 Å². The lowest BCUT2D eigenvalue weighted by atomic mass is 9.95. The van der Waals surface area contributed by atoms with Crippen molar-refractivity contribution in [3.8, 4) is 0 Å². The summed E-state index contributed by atoms with van der Waals surface area (Å²) in [6.07, 6.45) is 6.15. The Kier molecular flexibility index (Phi) is 8.84. The van der Waals surface area contributed by atoms with Crippen molar-refractivity contribution < 1.29 is 18.8 Å². The second-order valence-corrected chi connectivity index (χ2v) is 10.6. The summed E-state index contributed by atoms with van der Waals surface area (Å²) in [7, 11) is 0. The molecule has 0 radical (unpaired) electrons. The molecule has 210 valence electrons. The first-order valence-electron chi connectivity index (χ1n) is 14.4. The lowest BCUT2D eigenvalue weighted by molar-refractivity contribution is -0.132. The summed E-state index contributed by atoms with van der Waals surface area (Å²) in [5, 5.41) is 2.87. The van der Waals surface area contributed by atoms with E-state index in [0.29, 0.717) is 30.9 Å². The summed E-state index contributed by atoms with van der Waals surface area (Å²) in [4.78, 5) is 46.1. The maximum Gasteiger partial charge on any atom is 0.291 e. The molecule has 8 nitrogen and oxygen atoms in total. The molecule has 1 aromatic heterocycles. The lowest BCUT2D eigenvalue weighted by Crippen LogP contribution is -2.39. The van der Waals surface area contributed by atoms with Gasteiger partial charge in [-0.25, -0.2) is 0 Å². The van der Waals surface area contributed by atoms with Gasteiger partial charge in [0, 0.05) is 50.6 Å². The third kappa shape index (κ3) is 6.22. The zero-order valence-corrected chi connectivity index (χ0v) is 23.2. The summed E-state index contributed by atoms with van der Waals surface area (Å²) in [5.41, 5.74) is 3.02. The first kappa shape index (κ1) is 27.5. The minimum Gasteiger partial charge on any atom is -0.459 e. The number of hydrogen-bond acceptors (Lipinski definition) is 5. The summed E-state index contributed by atoms with van der Waals surface area (Å²) in [6, 6.07) is 18.8. The van der Waals surface area contributed by atoms with Crippen molar-refractivity contribution in [2.24, 2.45) is 0 Å². The molecule has 0 aliphatic carbocycles. The van der Waals surface area contributed by atoms with Crippen LogP contribution in [0.15, 0.2) is 71.3 Å². The van der Waals surface area contributed by atoms with Crippen molar-refractivity contribution in [2.75, 3.05) is 49.5 Å². The minimum atomic E-state index is -0.359. The molecule has 0 bridgehead atoms. The van der Waals surface area contributed by atoms with Gasteiger partial charge in [0.25, 0.3) is 11.8 Å². The maximum atomic E-state index is 13.8. The third-order valence-electron chi connectivity index (χ3n) is 7.93. The summed E-state index contributed by atoms with van der Waals surface area (Å²) in [5.74, 6) is -0.151. The van der Waals surface area contributed by atoms with E-state index in [2.05, 4.69) is 17.1 Å². The highest BCUT2D eigenvalue weighted by atomic mass is 16.3. The number of anilines is 2. The number of nitrogens with zero attached hydrogens (tertiary/aromatic N) is 3. The smallest absolute Gasteiger partial charge is 0.291 e. The van der Waals surface area contributed by atoms with E-state index < -0.39 is 0 Å². The van der Waals surface area contributed by atoms with Crippen LogP contribution in [0, 0.1) is 0 Å². The number of furan rings is 1. The Hall–Kier alpha value is -4.07. The standard InChI is InChI=1S/C32H38N4O4/c1-2-26(24-11-5-3-6-12-24)31(38)36-19-10-18-34(20-21-36)28-15-14-25(33-30(37)29-13-9-22-40-29)23-27(28)32(39)35-16-7-4-8-17-35/h3,5-6,9,11-15,22-23,26H,2,4,7-8,10,16-21H2,1H3,(H,33,37)/t26-/m0/s1. The lowest BCUT2D eigenvalue weighted by Gasteiger charge is -2.31. The highest BCUT2D eigenvalue weighted by molar-refractivity contribution is 6.05. The van der Waals surface area contributed by atoms with Crippen LogP contribution in [-0.4, -0.2) is 66.8 Å². The Morgan fingerprint density at radius 1 is 0.825 bits per heavy atom. The van der Waals surface area contributed by atoms with E-state index in [9.17, 15) is 14.4 Å². The van der Waals surface area contributed by atoms with Crippen LogP contribution < -0.4 is 10.2 Å². The van der Waals surface area contributed by atoms with Gasteiger partial charge in [-0.05, 0) is 68.0 Å². The number of rotatable bonds is 7. The van der Waals surface area contributed by atoms with Gasteiger partial charge in [0.2, 0.25) is 5.91 Å².